The van der Waals surface area contributed by atoms with Crippen LogP contribution in [0.2, 0.25) is 0 Å². The second-order valence-corrected chi connectivity index (χ2v) is 4.84. The number of hydrogen-bond acceptors (Lipinski definition) is 2. The molecule has 0 amide bonds. The van der Waals surface area contributed by atoms with Crippen LogP contribution in [0, 0.1) is 11.8 Å². The summed E-state index contributed by atoms with van der Waals surface area (Å²) in [4.78, 5) is 0. The molecule has 1 aliphatic rings. The Hall–Kier alpha value is 0.218. The number of hydrogen-bond donors (Lipinski definition) is 0. The molecule has 0 radical (unpaired) electrons. The van der Waals surface area contributed by atoms with Crippen molar-refractivity contribution >= 4 is 4.08 Å². The minimum atomic E-state index is 0.205. The van der Waals surface area contributed by atoms with Crippen molar-refractivity contribution in [2.45, 2.75) is 19.4 Å². The fraction of sp³-hybridized carbons (Fsp3) is 0.700. The summed E-state index contributed by atoms with van der Waals surface area (Å²) in [5, 5.41) is 0. The Kier molecular flexibility index (Phi) is 4.51. The maximum absolute atomic E-state index is 5.42. The molecular formula is C10H16O2W. The SMILES string of the molecule is CO[C](=[W])[C@@H]1[C@@H](C)CC=C[C@H]1OC. The summed E-state index contributed by atoms with van der Waals surface area (Å²) >= 11 is 1.41. The summed E-state index contributed by atoms with van der Waals surface area (Å²) in [7, 11) is 3.51. The second kappa shape index (κ2) is 5.19. The van der Waals surface area contributed by atoms with E-state index in [1.807, 2.05) is 0 Å². The summed E-state index contributed by atoms with van der Waals surface area (Å²) in [6, 6.07) is 0. The van der Waals surface area contributed by atoms with E-state index in [-0.39, 0.29) is 6.10 Å². The summed E-state index contributed by atoms with van der Waals surface area (Å²) in [5.41, 5.74) is 0. The standard InChI is InChI=1S/C10H16O2.W/c1-8-5-4-6-10(12-3)9(8)7-11-2;/h4,6,8-10H,5H2,1-3H3;/t8-,9+,10+;/m0./s1. The molecule has 0 fully saturated rings. The maximum atomic E-state index is 5.42. The van der Waals surface area contributed by atoms with Crippen molar-refractivity contribution in [2.24, 2.45) is 11.8 Å². The van der Waals surface area contributed by atoms with E-state index in [0.717, 1.165) is 10.5 Å². The van der Waals surface area contributed by atoms with Crippen molar-refractivity contribution in [2.75, 3.05) is 14.2 Å². The fourth-order valence-electron chi connectivity index (χ4n) is 1.75. The van der Waals surface area contributed by atoms with Crippen LogP contribution in [0.5, 0.6) is 0 Å². The third-order valence-corrected chi connectivity index (χ3v) is 4.12. The van der Waals surface area contributed by atoms with Crippen LogP contribution in [0.25, 0.3) is 0 Å². The molecule has 13 heavy (non-hydrogen) atoms. The van der Waals surface area contributed by atoms with Gasteiger partial charge in [-0.1, -0.05) is 0 Å². The quantitative estimate of drug-likeness (QED) is 0.718. The van der Waals surface area contributed by atoms with Gasteiger partial charge in [-0.3, -0.25) is 0 Å². The molecule has 0 bridgehead atoms. The van der Waals surface area contributed by atoms with Crippen LogP contribution in [-0.4, -0.2) is 24.4 Å². The first-order valence-corrected chi connectivity index (χ1v) is 5.94. The van der Waals surface area contributed by atoms with Crippen LogP contribution in [0.4, 0.5) is 0 Å². The molecule has 0 unspecified atom stereocenters. The van der Waals surface area contributed by atoms with Gasteiger partial charge >= 0.3 is 90.6 Å². The molecule has 0 aromatic carbocycles. The molecule has 3 heteroatoms. The molecule has 2 nitrogen and oxygen atoms in total. The molecule has 74 valence electrons. The molecule has 0 aromatic heterocycles. The number of methoxy groups -OCH3 is 2. The summed E-state index contributed by atoms with van der Waals surface area (Å²) in [6.45, 7) is 2.25. The summed E-state index contributed by atoms with van der Waals surface area (Å²) in [6.07, 6.45) is 5.68. The Labute approximate surface area is 90.7 Å². The Bertz CT molecular complexity index is 213. The van der Waals surface area contributed by atoms with Gasteiger partial charge in [0.2, 0.25) is 0 Å². The van der Waals surface area contributed by atoms with Gasteiger partial charge in [-0.15, -0.1) is 0 Å². The number of rotatable bonds is 3. The van der Waals surface area contributed by atoms with Crippen LogP contribution in [0.15, 0.2) is 12.2 Å². The Morgan fingerprint density at radius 1 is 1.46 bits per heavy atom. The summed E-state index contributed by atoms with van der Waals surface area (Å²) in [5.74, 6) is 1.07. The van der Waals surface area contributed by atoms with Gasteiger partial charge in [0, 0.05) is 0 Å². The Morgan fingerprint density at radius 2 is 2.15 bits per heavy atom. The monoisotopic (exact) mass is 352 g/mol. The first-order chi connectivity index (χ1) is 6.20. The molecule has 3 atom stereocenters. The second-order valence-electron chi connectivity index (χ2n) is 3.39. The number of allylic oxidation sites excluding steroid dienone is 1. The Morgan fingerprint density at radius 3 is 2.69 bits per heavy atom. The molecule has 1 rings (SSSR count). The van der Waals surface area contributed by atoms with E-state index in [1.165, 1.54) is 19.4 Å². The van der Waals surface area contributed by atoms with Crippen LogP contribution in [0.1, 0.15) is 13.3 Å². The van der Waals surface area contributed by atoms with Crippen molar-refractivity contribution in [1.82, 2.24) is 0 Å². The minimum absolute atomic E-state index is 0.205. The van der Waals surface area contributed by atoms with Gasteiger partial charge in [0.1, 0.15) is 0 Å². The average molecular weight is 352 g/mol. The first-order valence-electron chi connectivity index (χ1n) is 4.48. The van der Waals surface area contributed by atoms with Gasteiger partial charge in [0.05, 0.1) is 0 Å². The molecule has 0 aromatic rings. The van der Waals surface area contributed by atoms with E-state index in [0.29, 0.717) is 11.8 Å². The van der Waals surface area contributed by atoms with E-state index in [9.17, 15) is 0 Å². The molecule has 0 aliphatic heterocycles. The van der Waals surface area contributed by atoms with Gasteiger partial charge in [-0.25, -0.2) is 0 Å². The van der Waals surface area contributed by atoms with Crippen LogP contribution < -0.4 is 0 Å². The molecule has 0 saturated heterocycles. The zero-order valence-corrected chi connectivity index (χ0v) is 11.3. The van der Waals surface area contributed by atoms with Crippen molar-refractivity contribution < 1.29 is 28.8 Å². The predicted octanol–water partition coefficient (Wildman–Crippen LogP) is 1.54. The van der Waals surface area contributed by atoms with Crippen molar-refractivity contribution in [3.63, 3.8) is 0 Å². The van der Waals surface area contributed by atoms with Crippen LogP contribution in [-0.2, 0) is 28.8 Å². The van der Waals surface area contributed by atoms with E-state index >= 15 is 0 Å². The topological polar surface area (TPSA) is 18.5 Å². The third kappa shape index (κ3) is 2.58. The van der Waals surface area contributed by atoms with Gasteiger partial charge in [0.25, 0.3) is 0 Å². The molecule has 0 spiro atoms. The van der Waals surface area contributed by atoms with Gasteiger partial charge in [-0.2, -0.15) is 0 Å². The van der Waals surface area contributed by atoms with Gasteiger partial charge in [-0.05, 0) is 0 Å². The molecule has 0 saturated carbocycles. The van der Waals surface area contributed by atoms with Crippen molar-refractivity contribution in [3.05, 3.63) is 12.2 Å². The van der Waals surface area contributed by atoms with Crippen LogP contribution >= 0.6 is 0 Å². The van der Waals surface area contributed by atoms with Crippen LogP contribution in [0.3, 0.4) is 0 Å². The number of ether oxygens (including phenoxy) is 2. The van der Waals surface area contributed by atoms with Crippen molar-refractivity contribution in [1.29, 1.82) is 0 Å². The normalized spacial score (nSPS) is 33.3. The zero-order valence-electron chi connectivity index (χ0n) is 8.32. The molecule has 1 aliphatic carbocycles. The van der Waals surface area contributed by atoms with E-state index in [4.69, 9.17) is 9.47 Å². The van der Waals surface area contributed by atoms with Gasteiger partial charge in [0.15, 0.2) is 0 Å². The van der Waals surface area contributed by atoms with E-state index < -0.39 is 0 Å². The Balaban J connectivity index is 2.76. The molecule has 0 heterocycles. The first kappa shape index (κ1) is 11.3. The predicted molar refractivity (Wildman–Crippen MR) is 49.2 cm³/mol. The van der Waals surface area contributed by atoms with E-state index in [2.05, 4.69) is 19.1 Å². The molecule has 0 N–H and O–H groups in total. The third-order valence-electron chi connectivity index (χ3n) is 2.55. The molecular weight excluding hydrogens is 336 g/mol. The fourth-order valence-corrected chi connectivity index (χ4v) is 3.06. The summed E-state index contributed by atoms with van der Waals surface area (Å²) < 4.78 is 11.9. The van der Waals surface area contributed by atoms with Gasteiger partial charge < -0.3 is 0 Å². The average Bonchev–Trinajstić information content (AvgIpc) is 2.16. The van der Waals surface area contributed by atoms with Crippen molar-refractivity contribution in [3.8, 4) is 0 Å². The zero-order chi connectivity index (χ0) is 9.84. The van der Waals surface area contributed by atoms with E-state index in [1.54, 1.807) is 14.2 Å².